The van der Waals surface area contributed by atoms with Crippen molar-refractivity contribution >= 4 is 23.0 Å². The summed E-state index contributed by atoms with van der Waals surface area (Å²) in [5.41, 5.74) is 8.67. The minimum Gasteiger partial charge on any atom is -0.341 e. The van der Waals surface area contributed by atoms with Gasteiger partial charge in [0.1, 0.15) is 5.82 Å². The molecule has 0 heterocycles. The molecule has 106 valence electrons. The maximum atomic E-state index is 13.1. The van der Waals surface area contributed by atoms with E-state index in [2.05, 4.69) is 11.8 Å². The van der Waals surface area contributed by atoms with E-state index in [1.165, 1.54) is 12.1 Å². The van der Waals surface area contributed by atoms with Crippen molar-refractivity contribution in [3.63, 3.8) is 0 Å². The summed E-state index contributed by atoms with van der Waals surface area (Å²) in [4.78, 5) is 2.11. The molecule has 2 rings (SSSR count). The smallest absolute Gasteiger partial charge is 0.123 e. The Labute approximate surface area is 124 Å². The van der Waals surface area contributed by atoms with Crippen molar-refractivity contribution in [2.45, 2.75) is 13.3 Å². The highest BCUT2D eigenvalue weighted by molar-refractivity contribution is 6.31. The molecule has 2 nitrogen and oxygen atoms in total. The molecule has 20 heavy (non-hydrogen) atoms. The Hall–Kier alpha value is -1.58. The van der Waals surface area contributed by atoms with Gasteiger partial charge in [-0.3, -0.25) is 0 Å². The number of rotatable bonds is 5. The van der Waals surface area contributed by atoms with Gasteiger partial charge < -0.3 is 10.6 Å². The fourth-order valence-corrected chi connectivity index (χ4v) is 2.57. The number of hydrogen-bond donors (Lipinski definition) is 1. The molecule has 0 aliphatic heterocycles. The minimum absolute atomic E-state index is 0.238. The van der Waals surface area contributed by atoms with E-state index < -0.39 is 0 Å². The third-order valence-electron chi connectivity index (χ3n) is 3.23. The molecule has 2 N–H and O–H groups in total. The molecule has 2 aromatic rings. The second-order valence-electron chi connectivity index (χ2n) is 4.50. The van der Waals surface area contributed by atoms with Crippen molar-refractivity contribution in [3.8, 4) is 0 Å². The Kier molecular flexibility index (Phi) is 4.99. The van der Waals surface area contributed by atoms with Crippen LogP contribution in [0, 0.1) is 5.82 Å². The fraction of sp³-hybridized carbons (Fsp3) is 0.250. The van der Waals surface area contributed by atoms with E-state index in [0.29, 0.717) is 18.0 Å². The monoisotopic (exact) mass is 292 g/mol. The van der Waals surface area contributed by atoms with Crippen LogP contribution in [0.5, 0.6) is 0 Å². The summed E-state index contributed by atoms with van der Waals surface area (Å²) >= 11 is 6.28. The Bertz CT molecular complexity index is 569. The van der Waals surface area contributed by atoms with Gasteiger partial charge in [0.15, 0.2) is 0 Å². The molecule has 0 aliphatic rings. The van der Waals surface area contributed by atoms with Crippen LogP contribution in [-0.2, 0) is 6.42 Å². The largest absolute Gasteiger partial charge is 0.341 e. The summed E-state index contributed by atoms with van der Waals surface area (Å²) in [6.07, 6.45) is 0.715. The van der Waals surface area contributed by atoms with Gasteiger partial charge in [-0.05, 0) is 61.9 Å². The Morgan fingerprint density at radius 2 is 1.85 bits per heavy atom. The van der Waals surface area contributed by atoms with Crippen LogP contribution < -0.4 is 10.6 Å². The summed E-state index contributed by atoms with van der Waals surface area (Å²) in [5, 5.41) is 0.716. The molecule has 0 aliphatic carbocycles. The van der Waals surface area contributed by atoms with Gasteiger partial charge in [-0.1, -0.05) is 17.7 Å². The summed E-state index contributed by atoms with van der Waals surface area (Å²) in [5.74, 6) is -0.238. The predicted octanol–water partition coefficient (Wildman–Crippen LogP) is 4.14. The lowest BCUT2D eigenvalue weighted by Crippen LogP contribution is -2.19. The molecular weight excluding hydrogens is 275 g/mol. The van der Waals surface area contributed by atoms with Crippen LogP contribution in [0.3, 0.4) is 0 Å². The molecule has 0 atom stereocenters. The van der Waals surface area contributed by atoms with Gasteiger partial charge in [0, 0.05) is 22.9 Å². The maximum absolute atomic E-state index is 13.1. The first kappa shape index (κ1) is 14.8. The number of halogens is 2. The number of nitrogens with two attached hydrogens (primary N) is 1. The first-order valence-corrected chi connectivity index (χ1v) is 7.05. The number of nitrogens with zero attached hydrogens (tertiary/aromatic N) is 1. The van der Waals surface area contributed by atoms with Gasteiger partial charge in [-0.25, -0.2) is 4.39 Å². The zero-order valence-electron chi connectivity index (χ0n) is 11.4. The normalized spacial score (nSPS) is 10.6. The first-order chi connectivity index (χ1) is 9.67. The maximum Gasteiger partial charge on any atom is 0.123 e. The van der Waals surface area contributed by atoms with Crippen LogP contribution >= 0.6 is 11.6 Å². The first-order valence-electron chi connectivity index (χ1n) is 6.68. The molecule has 0 aromatic heterocycles. The molecule has 0 amide bonds. The quantitative estimate of drug-likeness (QED) is 0.897. The molecule has 0 spiro atoms. The number of hydrogen-bond acceptors (Lipinski definition) is 2. The van der Waals surface area contributed by atoms with Crippen molar-refractivity contribution in [2.24, 2.45) is 5.73 Å². The fourth-order valence-electron chi connectivity index (χ4n) is 2.31. The molecule has 0 saturated carbocycles. The molecule has 4 heteroatoms. The van der Waals surface area contributed by atoms with Crippen LogP contribution in [0.25, 0.3) is 0 Å². The summed E-state index contributed by atoms with van der Waals surface area (Å²) < 4.78 is 13.1. The van der Waals surface area contributed by atoms with Crippen molar-refractivity contribution in [1.29, 1.82) is 0 Å². The van der Waals surface area contributed by atoms with Crippen LogP contribution in [0.2, 0.25) is 5.02 Å². The van der Waals surface area contributed by atoms with E-state index >= 15 is 0 Å². The van der Waals surface area contributed by atoms with Gasteiger partial charge in [0.05, 0.1) is 0 Å². The number of benzene rings is 2. The highest BCUT2D eigenvalue weighted by Gasteiger charge is 2.13. The zero-order valence-corrected chi connectivity index (χ0v) is 12.2. The Morgan fingerprint density at radius 1 is 1.15 bits per heavy atom. The molecule has 2 aromatic carbocycles. The standard InChI is InChI=1S/C16H18ClFN2/c1-2-20(13-8-6-12(18)7-9-13)16-5-3-4-15(17)14(16)10-11-19/h3-9H,2,10-11,19H2,1H3. The van der Waals surface area contributed by atoms with Crippen molar-refractivity contribution < 1.29 is 4.39 Å². The van der Waals surface area contributed by atoms with E-state index in [1.54, 1.807) is 12.1 Å². The van der Waals surface area contributed by atoms with Crippen LogP contribution in [0.4, 0.5) is 15.8 Å². The van der Waals surface area contributed by atoms with Crippen LogP contribution in [0.15, 0.2) is 42.5 Å². The third-order valence-corrected chi connectivity index (χ3v) is 3.59. The number of anilines is 2. The lowest BCUT2D eigenvalue weighted by atomic mass is 10.1. The van der Waals surface area contributed by atoms with Crippen LogP contribution in [-0.4, -0.2) is 13.1 Å². The van der Waals surface area contributed by atoms with E-state index in [1.807, 2.05) is 18.2 Å². The minimum atomic E-state index is -0.238. The highest BCUT2D eigenvalue weighted by Crippen LogP contribution is 2.32. The molecule has 0 unspecified atom stereocenters. The van der Waals surface area contributed by atoms with Crippen LogP contribution in [0.1, 0.15) is 12.5 Å². The average molecular weight is 293 g/mol. The van der Waals surface area contributed by atoms with Gasteiger partial charge in [-0.2, -0.15) is 0 Å². The predicted molar refractivity (Wildman–Crippen MR) is 83.3 cm³/mol. The van der Waals surface area contributed by atoms with Crippen molar-refractivity contribution in [1.82, 2.24) is 0 Å². The Balaban J connectivity index is 2.46. The van der Waals surface area contributed by atoms with Gasteiger partial charge in [0.25, 0.3) is 0 Å². The van der Waals surface area contributed by atoms with E-state index in [0.717, 1.165) is 23.5 Å². The lowest BCUT2D eigenvalue weighted by Gasteiger charge is -2.26. The average Bonchev–Trinajstić information content (AvgIpc) is 2.45. The second-order valence-corrected chi connectivity index (χ2v) is 4.90. The molecule has 0 saturated heterocycles. The lowest BCUT2D eigenvalue weighted by molar-refractivity contribution is 0.628. The SMILES string of the molecule is CCN(c1ccc(F)cc1)c1cccc(Cl)c1CCN. The summed E-state index contributed by atoms with van der Waals surface area (Å²) in [6.45, 7) is 3.36. The summed E-state index contributed by atoms with van der Waals surface area (Å²) in [6, 6.07) is 12.3. The molecule has 0 fully saturated rings. The van der Waals surface area contributed by atoms with Crippen molar-refractivity contribution in [3.05, 3.63) is 58.9 Å². The van der Waals surface area contributed by atoms with Crippen molar-refractivity contribution in [2.75, 3.05) is 18.0 Å². The van der Waals surface area contributed by atoms with E-state index in [4.69, 9.17) is 17.3 Å². The third kappa shape index (κ3) is 3.11. The van der Waals surface area contributed by atoms with E-state index in [9.17, 15) is 4.39 Å². The zero-order chi connectivity index (χ0) is 14.5. The highest BCUT2D eigenvalue weighted by atomic mass is 35.5. The molecule has 0 radical (unpaired) electrons. The van der Waals surface area contributed by atoms with E-state index in [-0.39, 0.29) is 5.82 Å². The molecule has 0 bridgehead atoms. The Morgan fingerprint density at radius 3 is 2.45 bits per heavy atom. The molecular formula is C16H18ClFN2. The van der Waals surface area contributed by atoms with Gasteiger partial charge in [-0.15, -0.1) is 0 Å². The summed E-state index contributed by atoms with van der Waals surface area (Å²) in [7, 11) is 0. The topological polar surface area (TPSA) is 29.3 Å². The van der Waals surface area contributed by atoms with Gasteiger partial charge >= 0.3 is 0 Å². The second kappa shape index (κ2) is 6.73. The van der Waals surface area contributed by atoms with Gasteiger partial charge in [0.2, 0.25) is 0 Å².